The van der Waals surface area contributed by atoms with Crippen molar-refractivity contribution < 1.29 is 13.2 Å². The maximum atomic E-state index is 12.3. The highest BCUT2D eigenvalue weighted by Gasteiger charge is 2.26. The molecule has 0 aromatic carbocycles. The van der Waals surface area contributed by atoms with Gasteiger partial charge in [-0.15, -0.1) is 6.58 Å². The first-order valence-electron chi connectivity index (χ1n) is 6.03. The predicted molar refractivity (Wildman–Crippen MR) is 72.5 cm³/mol. The second kappa shape index (κ2) is 6.14. The van der Waals surface area contributed by atoms with Crippen LogP contribution in [-0.4, -0.2) is 50.6 Å². The number of sulfonamides is 1. The number of ether oxygens (including phenoxy) is 1. The van der Waals surface area contributed by atoms with Gasteiger partial charge in [0.15, 0.2) is 0 Å². The van der Waals surface area contributed by atoms with Crippen LogP contribution in [0, 0.1) is 0 Å². The molecule has 6 nitrogen and oxygen atoms in total. The molecule has 1 aliphatic rings. The van der Waals surface area contributed by atoms with Gasteiger partial charge in [-0.1, -0.05) is 6.08 Å². The summed E-state index contributed by atoms with van der Waals surface area (Å²) in [6.45, 7) is 5.82. The van der Waals surface area contributed by atoms with Crippen LogP contribution in [-0.2, 0) is 14.8 Å². The normalized spacial score (nSPS) is 17.1. The molecule has 0 atom stereocenters. The molecule has 2 rings (SSSR count). The molecule has 0 radical (unpaired) electrons. The minimum Gasteiger partial charge on any atom is -0.379 e. The Morgan fingerprint density at radius 2 is 2.16 bits per heavy atom. The van der Waals surface area contributed by atoms with E-state index >= 15 is 0 Å². The number of nitrogens with zero attached hydrogens (tertiary/aromatic N) is 2. The lowest BCUT2D eigenvalue weighted by molar-refractivity contribution is 0.0730. The molecule has 0 amide bonds. The van der Waals surface area contributed by atoms with Gasteiger partial charge in [0.25, 0.3) is 0 Å². The molecule has 1 aromatic heterocycles. The number of hydrogen-bond donors (Lipinski definition) is 1. The molecular weight excluding hydrogens is 266 g/mol. The Hall–Kier alpha value is -1.44. The Labute approximate surface area is 113 Å². The number of nitrogens with one attached hydrogen (secondary N) is 1. The number of anilines is 1. The summed E-state index contributed by atoms with van der Waals surface area (Å²) in [5.74, 6) is 0.626. The fourth-order valence-corrected chi connectivity index (χ4v) is 3.10. The first-order chi connectivity index (χ1) is 9.14. The molecular formula is C12H17N3O3S. The van der Waals surface area contributed by atoms with Crippen LogP contribution in [0.4, 0.5) is 5.82 Å². The van der Waals surface area contributed by atoms with Crippen LogP contribution in [0.1, 0.15) is 0 Å². The van der Waals surface area contributed by atoms with E-state index in [0.717, 1.165) is 0 Å². The van der Waals surface area contributed by atoms with Gasteiger partial charge in [-0.25, -0.2) is 13.4 Å². The summed E-state index contributed by atoms with van der Waals surface area (Å²) in [6.07, 6.45) is 3.08. The van der Waals surface area contributed by atoms with Crippen LogP contribution in [0.25, 0.3) is 0 Å². The summed E-state index contributed by atoms with van der Waals surface area (Å²) in [5, 5.41) is 2.99. The highest BCUT2D eigenvalue weighted by Crippen LogP contribution is 2.17. The van der Waals surface area contributed by atoms with Crippen molar-refractivity contribution in [2.75, 3.05) is 38.2 Å². The van der Waals surface area contributed by atoms with Crippen molar-refractivity contribution in [1.29, 1.82) is 0 Å². The van der Waals surface area contributed by atoms with Crippen molar-refractivity contribution in [3.05, 3.63) is 31.0 Å². The fraction of sp³-hybridized carbons (Fsp3) is 0.417. The summed E-state index contributed by atoms with van der Waals surface area (Å²) >= 11 is 0. The van der Waals surface area contributed by atoms with Crippen LogP contribution in [0.15, 0.2) is 35.9 Å². The molecule has 1 N–H and O–H groups in total. The van der Waals surface area contributed by atoms with Crippen molar-refractivity contribution in [2.24, 2.45) is 0 Å². The molecule has 1 fully saturated rings. The van der Waals surface area contributed by atoms with Crippen LogP contribution in [0.3, 0.4) is 0 Å². The van der Waals surface area contributed by atoms with Crippen LogP contribution in [0.5, 0.6) is 0 Å². The van der Waals surface area contributed by atoms with Gasteiger partial charge >= 0.3 is 0 Å². The number of aromatic nitrogens is 1. The molecule has 1 aromatic rings. The molecule has 2 heterocycles. The number of hydrogen-bond acceptors (Lipinski definition) is 5. The van der Waals surface area contributed by atoms with E-state index in [4.69, 9.17) is 4.74 Å². The van der Waals surface area contributed by atoms with Gasteiger partial charge in [-0.3, -0.25) is 0 Å². The van der Waals surface area contributed by atoms with Crippen molar-refractivity contribution in [1.82, 2.24) is 9.29 Å². The van der Waals surface area contributed by atoms with E-state index in [2.05, 4.69) is 16.9 Å². The van der Waals surface area contributed by atoms with Gasteiger partial charge in [0, 0.05) is 25.8 Å². The monoisotopic (exact) mass is 283 g/mol. The molecule has 0 spiro atoms. The zero-order chi connectivity index (χ0) is 13.7. The van der Waals surface area contributed by atoms with E-state index < -0.39 is 10.0 Å². The maximum Gasteiger partial charge on any atom is 0.244 e. The minimum atomic E-state index is -3.46. The van der Waals surface area contributed by atoms with Gasteiger partial charge in [0.1, 0.15) is 10.7 Å². The maximum absolute atomic E-state index is 12.3. The van der Waals surface area contributed by atoms with E-state index in [-0.39, 0.29) is 4.90 Å². The third kappa shape index (κ3) is 3.31. The Morgan fingerprint density at radius 3 is 2.74 bits per heavy atom. The predicted octanol–water partition coefficient (Wildman–Crippen LogP) is 0.700. The fourth-order valence-electron chi connectivity index (χ4n) is 1.75. The van der Waals surface area contributed by atoms with Crippen molar-refractivity contribution in [3.63, 3.8) is 0 Å². The van der Waals surface area contributed by atoms with E-state index in [1.54, 1.807) is 18.2 Å². The summed E-state index contributed by atoms with van der Waals surface area (Å²) in [6, 6.07) is 3.21. The lowest BCUT2D eigenvalue weighted by atomic mass is 10.4. The van der Waals surface area contributed by atoms with Crippen LogP contribution < -0.4 is 5.32 Å². The van der Waals surface area contributed by atoms with Gasteiger partial charge in [0.05, 0.1) is 13.2 Å². The summed E-state index contributed by atoms with van der Waals surface area (Å²) in [5.41, 5.74) is 0. The number of morpholine rings is 1. The molecule has 0 saturated carbocycles. The van der Waals surface area contributed by atoms with Crippen LogP contribution >= 0.6 is 0 Å². The van der Waals surface area contributed by atoms with Crippen molar-refractivity contribution in [2.45, 2.75) is 4.90 Å². The highest BCUT2D eigenvalue weighted by atomic mass is 32.2. The third-order valence-corrected chi connectivity index (χ3v) is 4.65. The first-order valence-corrected chi connectivity index (χ1v) is 7.47. The highest BCUT2D eigenvalue weighted by molar-refractivity contribution is 7.89. The molecule has 1 saturated heterocycles. The molecule has 7 heteroatoms. The summed E-state index contributed by atoms with van der Waals surface area (Å²) < 4.78 is 31.2. The Morgan fingerprint density at radius 1 is 1.42 bits per heavy atom. The quantitative estimate of drug-likeness (QED) is 0.805. The van der Waals surface area contributed by atoms with Gasteiger partial charge in [0.2, 0.25) is 10.0 Å². The first kappa shape index (κ1) is 14.0. The van der Waals surface area contributed by atoms with Crippen molar-refractivity contribution >= 4 is 15.8 Å². The van der Waals surface area contributed by atoms with E-state index in [1.165, 1.54) is 10.5 Å². The topological polar surface area (TPSA) is 71.5 Å². The Balaban J connectivity index is 2.13. The van der Waals surface area contributed by atoms with E-state index in [1.807, 2.05) is 0 Å². The van der Waals surface area contributed by atoms with E-state index in [9.17, 15) is 8.42 Å². The van der Waals surface area contributed by atoms with Gasteiger partial charge in [-0.05, 0) is 12.1 Å². The van der Waals surface area contributed by atoms with Crippen LogP contribution in [0.2, 0.25) is 0 Å². The zero-order valence-corrected chi connectivity index (χ0v) is 11.4. The molecule has 0 bridgehead atoms. The number of rotatable bonds is 5. The minimum absolute atomic E-state index is 0.207. The molecule has 19 heavy (non-hydrogen) atoms. The molecule has 1 aliphatic heterocycles. The second-order valence-corrected chi connectivity index (χ2v) is 6.00. The summed E-state index contributed by atoms with van der Waals surface area (Å²) in [7, 11) is -3.46. The average molecular weight is 283 g/mol. The van der Waals surface area contributed by atoms with E-state index in [0.29, 0.717) is 38.7 Å². The lowest BCUT2D eigenvalue weighted by Gasteiger charge is -2.25. The average Bonchev–Trinajstić information content (AvgIpc) is 2.46. The molecule has 0 unspecified atom stereocenters. The SMILES string of the molecule is C=CCNc1ccc(S(=O)(=O)N2CCOCC2)cn1. The zero-order valence-electron chi connectivity index (χ0n) is 10.6. The third-order valence-electron chi connectivity index (χ3n) is 2.77. The largest absolute Gasteiger partial charge is 0.379 e. The van der Waals surface area contributed by atoms with Crippen molar-refractivity contribution in [3.8, 4) is 0 Å². The molecule has 104 valence electrons. The Bertz CT molecular complexity index is 522. The lowest BCUT2D eigenvalue weighted by Crippen LogP contribution is -2.40. The molecule has 0 aliphatic carbocycles. The standard InChI is InChI=1S/C12H17N3O3S/c1-2-5-13-12-4-3-11(10-14-12)19(16,17)15-6-8-18-9-7-15/h2-4,10H,1,5-9H2,(H,13,14). The number of pyridine rings is 1. The van der Waals surface area contributed by atoms with Gasteiger partial charge < -0.3 is 10.1 Å². The smallest absolute Gasteiger partial charge is 0.244 e. The summed E-state index contributed by atoms with van der Waals surface area (Å²) in [4.78, 5) is 4.29. The second-order valence-electron chi connectivity index (χ2n) is 4.07. The Kier molecular flexibility index (Phi) is 4.52. The van der Waals surface area contributed by atoms with Gasteiger partial charge in [-0.2, -0.15) is 4.31 Å².